The molecule has 0 N–H and O–H groups in total. The number of carbonyl (C=O) groups excluding carboxylic acids is 4. The van der Waals surface area contributed by atoms with Crippen LogP contribution < -0.4 is 0 Å². The Bertz CT molecular complexity index is 1080. The zero-order valence-corrected chi connectivity index (χ0v) is 35.9. The third kappa shape index (κ3) is 24.0. The number of unbranched alkanes of at least 4 members (excludes halogenated alkanes) is 7. The van der Waals surface area contributed by atoms with Gasteiger partial charge in [0.15, 0.2) is 0 Å². The van der Waals surface area contributed by atoms with E-state index in [2.05, 4.69) is 19.1 Å². The molecule has 0 aromatic carbocycles. The summed E-state index contributed by atoms with van der Waals surface area (Å²) in [5.41, 5.74) is 0. The molecule has 328 valence electrons. The Labute approximate surface area is 345 Å². The third-order valence-corrected chi connectivity index (χ3v) is 12.4. The lowest BCUT2D eigenvalue weighted by Crippen LogP contribution is -2.31. The van der Waals surface area contributed by atoms with E-state index < -0.39 is 24.2 Å². The van der Waals surface area contributed by atoms with Crippen LogP contribution in [0.3, 0.4) is 0 Å². The van der Waals surface area contributed by atoms with Crippen molar-refractivity contribution in [1.29, 1.82) is 0 Å². The number of hydrogen-bond donors (Lipinski definition) is 0. The van der Waals surface area contributed by atoms with Crippen molar-refractivity contribution >= 4 is 24.2 Å². The summed E-state index contributed by atoms with van der Waals surface area (Å²) < 4.78 is 11.1. The first-order valence-electron chi connectivity index (χ1n) is 23.8. The van der Waals surface area contributed by atoms with Gasteiger partial charge < -0.3 is 9.47 Å². The van der Waals surface area contributed by atoms with Gasteiger partial charge in [0.05, 0.1) is 12.3 Å². The minimum atomic E-state index is -0.929. The second-order valence-corrected chi connectivity index (χ2v) is 17.3. The van der Waals surface area contributed by atoms with Crippen molar-refractivity contribution in [3.63, 3.8) is 0 Å². The normalized spacial score (nSPS) is 22.6. The molecule has 0 bridgehead atoms. The van der Waals surface area contributed by atoms with E-state index in [4.69, 9.17) is 29.0 Å². The highest BCUT2D eigenvalue weighted by Gasteiger charge is 2.34. The van der Waals surface area contributed by atoms with Crippen LogP contribution in [0.25, 0.3) is 0 Å². The highest BCUT2D eigenvalue weighted by molar-refractivity contribution is 5.74. The zero-order chi connectivity index (χ0) is 40.6. The maximum Gasteiger partial charge on any atom is 0.550 e. The number of hydrogen-bond acceptors (Lipinski definition) is 10. The SMILES string of the molecule is CCCCCCC1C=CC(CCCCCCCC(=O)OOC(=O)OC2CCCCCCCCCCC2)CC1C(=O)OOC(=O)OC1CCCCCCCCCCC1. The maximum atomic E-state index is 13.4. The summed E-state index contributed by atoms with van der Waals surface area (Å²) >= 11 is 0. The Kier molecular flexibility index (Phi) is 27.4. The van der Waals surface area contributed by atoms with Crippen molar-refractivity contribution in [1.82, 2.24) is 0 Å². The molecular weight excluding hydrogens is 725 g/mol. The first-order chi connectivity index (χ1) is 27.9. The van der Waals surface area contributed by atoms with Crippen molar-refractivity contribution in [2.75, 3.05) is 0 Å². The maximum absolute atomic E-state index is 13.4. The van der Waals surface area contributed by atoms with Gasteiger partial charge in [0, 0.05) is 0 Å². The summed E-state index contributed by atoms with van der Waals surface area (Å²) in [7, 11) is 0. The van der Waals surface area contributed by atoms with Gasteiger partial charge in [-0.1, -0.05) is 160 Å². The number of rotatable bonds is 16. The van der Waals surface area contributed by atoms with Crippen molar-refractivity contribution in [2.45, 2.75) is 244 Å². The smallest absolute Gasteiger partial charge is 0.428 e. The average molecular weight is 805 g/mol. The second kappa shape index (κ2) is 32.1. The van der Waals surface area contributed by atoms with E-state index in [1.54, 1.807) is 0 Å². The molecule has 3 atom stereocenters. The first kappa shape index (κ1) is 48.6. The quantitative estimate of drug-likeness (QED) is 0.0489. The summed E-state index contributed by atoms with van der Waals surface area (Å²) in [6.07, 6.45) is 38.5. The molecule has 0 radical (unpaired) electrons. The van der Waals surface area contributed by atoms with Gasteiger partial charge in [0.1, 0.15) is 12.2 Å². The minimum absolute atomic E-state index is 0.0621. The van der Waals surface area contributed by atoms with Gasteiger partial charge in [-0.2, -0.15) is 9.59 Å². The van der Waals surface area contributed by atoms with Crippen LogP contribution >= 0.6 is 0 Å². The predicted octanol–water partition coefficient (Wildman–Crippen LogP) is 14.1. The molecule has 10 nitrogen and oxygen atoms in total. The van der Waals surface area contributed by atoms with E-state index >= 15 is 0 Å². The van der Waals surface area contributed by atoms with Gasteiger partial charge in [-0.25, -0.2) is 29.1 Å². The molecule has 0 aromatic heterocycles. The van der Waals surface area contributed by atoms with Crippen molar-refractivity contribution in [3.05, 3.63) is 12.2 Å². The fraction of sp³-hybridized carbons (Fsp3) is 0.872. The summed E-state index contributed by atoms with van der Waals surface area (Å²) in [6, 6.07) is 0. The van der Waals surface area contributed by atoms with E-state index in [9.17, 15) is 19.2 Å². The molecule has 3 aliphatic rings. The highest BCUT2D eigenvalue weighted by atomic mass is 17.2. The van der Waals surface area contributed by atoms with Gasteiger partial charge in [0.25, 0.3) is 0 Å². The molecule has 3 unspecified atom stereocenters. The molecule has 0 heterocycles. The Morgan fingerprint density at radius 1 is 0.474 bits per heavy atom. The molecule has 2 fully saturated rings. The summed E-state index contributed by atoms with van der Waals surface area (Å²) in [5.74, 6) is -1.10. The second-order valence-electron chi connectivity index (χ2n) is 17.3. The lowest BCUT2D eigenvalue weighted by Gasteiger charge is -2.30. The van der Waals surface area contributed by atoms with Gasteiger partial charge in [-0.05, 0) is 88.9 Å². The van der Waals surface area contributed by atoms with E-state index in [1.807, 2.05) is 0 Å². The van der Waals surface area contributed by atoms with Crippen molar-refractivity contribution in [2.24, 2.45) is 17.8 Å². The minimum Gasteiger partial charge on any atom is -0.428 e. The summed E-state index contributed by atoms with van der Waals surface area (Å²) in [4.78, 5) is 70.1. The van der Waals surface area contributed by atoms with Gasteiger partial charge >= 0.3 is 24.2 Å². The van der Waals surface area contributed by atoms with Gasteiger partial charge in [-0.15, -0.1) is 0 Å². The third-order valence-electron chi connectivity index (χ3n) is 12.4. The number of ether oxygens (including phenoxy) is 2. The molecule has 0 spiro atoms. The molecule has 10 heteroatoms. The van der Waals surface area contributed by atoms with Crippen LogP contribution in [0, 0.1) is 17.8 Å². The van der Waals surface area contributed by atoms with Crippen LogP contribution in [-0.4, -0.2) is 36.5 Å². The Balaban J connectivity index is 1.32. The van der Waals surface area contributed by atoms with Crippen LogP contribution in [0.5, 0.6) is 0 Å². The largest absolute Gasteiger partial charge is 0.550 e. The molecular formula is C47H80O10. The monoisotopic (exact) mass is 805 g/mol. The fourth-order valence-electron chi connectivity index (χ4n) is 8.87. The Hall–Kier alpha value is -2.78. The standard InChI is InChI=1S/C47H80O10/c1-2-3-4-23-30-40-37-36-39(38-43(40)45(49)55-57-47(51)53-42-33-26-19-13-9-6-10-14-20-27-34-42)29-22-16-15-21-28-35-44(48)54-56-46(50)52-41-31-24-17-11-7-5-8-12-18-25-32-41/h36-37,39-43H,2-35,38H2,1H3. The molecule has 3 rings (SSSR count). The molecule has 3 aliphatic carbocycles. The van der Waals surface area contributed by atoms with E-state index in [1.165, 1.54) is 70.6 Å². The summed E-state index contributed by atoms with van der Waals surface area (Å²) in [6.45, 7) is 2.19. The molecule has 0 saturated heterocycles. The van der Waals surface area contributed by atoms with Crippen molar-refractivity contribution < 1.29 is 48.2 Å². The Morgan fingerprint density at radius 3 is 1.44 bits per heavy atom. The van der Waals surface area contributed by atoms with E-state index in [0.29, 0.717) is 12.8 Å². The van der Waals surface area contributed by atoms with Crippen LogP contribution in [0.1, 0.15) is 232 Å². The zero-order valence-electron chi connectivity index (χ0n) is 35.9. The van der Waals surface area contributed by atoms with Crippen LogP contribution in [0.15, 0.2) is 12.2 Å². The van der Waals surface area contributed by atoms with Crippen LogP contribution in [0.4, 0.5) is 9.59 Å². The first-order valence-corrected chi connectivity index (χ1v) is 23.8. The topological polar surface area (TPSA) is 124 Å². The molecule has 2 saturated carbocycles. The lowest BCUT2D eigenvalue weighted by molar-refractivity contribution is -0.251. The van der Waals surface area contributed by atoms with E-state index in [0.717, 1.165) is 135 Å². The lowest BCUT2D eigenvalue weighted by atomic mass is 9.75. The molecule has 0 aliphatic heterocycles. The molecule has 0 amide bonds. The van der Waals surface area contributed by atoms with Crippen molar-refractivity contribution in [3.8, 4) is 0 Å². The molecule has 0 aromatic rings. The van der Waals surface area contributed by atoms with E-state index in [-0.39, 0.29) is 36.4 Å². The molecule has 57 heavy (non-hydrogen) atoms. The number of carbonyl (C=O) groups is 4. The highest BCUT2D eigenvalue weighted by Crippen LogP contribution is 2.35. The summed E-state index contributed by atoms with van der Waals surface area (Å²) in [5, 5.41) is 0. The van der Waals surface area contributed by atoms with Gasteiger partial charge in [-0.3, -0.25) is 0 Å². The van der Waals surface area contributed by atoms with Crippen LogP contribution in [-0.2, 0) is 38.6 Å². The Morgan fingerprint density at radius 2 is 0.912 bits per heavy atom. The van der Waals surface area contributed by atoms with Gasteiger partial charge in [0.2, 0.25) is 0 Å². The average Bonchev–Trinajstić information content (AvgIpc) is 3.19. The predicted molar refractivity (Wildman–Crippen MR) is 222 cm³/mol. The van der Waals surface area contributed by atoms with Crippen LogP contribution in [0.2, 0.25) is 0 Å². The fourth-order valence-corrected chi connectivity index (χ4v) is 8.87. The number of allylic oxidation sites excluding steroid dienone is 2.